The minimum atomic E-state index is -1.98. The molecule has 5 heteroatoms. The van der Waals surface area contributed by atoms with Crippen molar-refractivity contribution in [1.82, 2.24) is 0 Å². The lowest BCUT2D eigenvalue weighted by Crippen LogP contribution is -1.69. The van der Waals surface area contributed by atoms with Gasteiger partial charge in [-0.2, -0.15) is 0 Å². The number of rotatable bonds is 1. The first-order chi connectivity index (χ1) is 3.12. The fraction of sp³-hybridized carbons (Fsp3) is 1.00. The Morgan fingerprint density at radius 2 is 2.43 bits per heavy atom. The predicted molar refractivity (Wildman–Crippen MR) is 43.4 cm³/mol. The van der Waals surface area contributed by atoms with Gasteiger partial charge in [0.2, 0.25) is 0 Å². The van der Waals surface area contributed by atoms with Gasteiger partial charge in [-0.15, -0.1) is 12.2 Å². The molecule has 1 atom stereocenters. The Bertz CT molecular complexity index is 121. The summed E-state index contributed by atoms with van der Waals surface area (Å²) in [6.07, 6.45) is 0.685. The average Bonchev–Trinajstić information content (AvgIpc) is 1.68. The highest BCUT2D eigenvalue weighted by molar-refractivity contribution is 8.68. The highest BCUT2D eigenvalue weighted by atomic mass is 33.1. The number of hydrogen-bond acceptors (Lipinski definition) is 1. The van der Waals surface area contributed by atoms with Crippen molar-refractivity contribution >= 4 is 38.4 Å². The summed E-state index contributed by atoms with van der Waals surface area (Å²) in [5.74, 6) is 0. The summed E-state index contributed by atoms with van der Waals surface area (Å²) in [6.45, 7) is 1.88. The third-order valence-electron chi connectivity index (χ3n) is 0.531. The van der Waals surface area contributed by atoms with Gasteiger partial charge in [0.25, 0.3) is 0 Å². The van der Waals surface area contributed by atoms with E-state index in [0.717, 1.165) is 9.50 Å². The van der Waals surface area contributed by atoms with Crippen LogP contribution in [0, 0.1) is 0 Å². The van der Waals surface area contributed by atoms with Crippen LogP contribution in [0.2, 0.25) is 0 Å². The van der Waals surface area contributed by atoms with Crippen LogP contribution in [0.25, 0.3) is 0 Å². The molecule has 0 aliphatic carbocycles. The third kappa shape index (κ3) is 3.74. The molecule has 0 aliphatic rings. The average molecular weight is 174 g/mol. The fourth-order valence-electron chi connectivity index (χ4n) is 0.0527. The van der Waals surface area contributed by atoms with E-state index in [1.54, 1.807) is 0 Å². The van der Waals surface area contributed by atoms with Crippen LogP contribution in [0.1, 0.15) is 6.92 Å². The topological polar surface area (TPSA) is 20.2 Å². The van der Waals surface area contributed by atoms with Gasteiger partial charge in [-0.3, -0.25) is 0 Å². The van der Waals surface area contributed by atoms with Crippen LogP contribution in [-0.4, -0.2) is 11.1 Å². The molecule has 0 aromatic carbocycles. The first-order valence-electron chi connectivity index (χ1n) is 1.77. The Kier molecular flexibility index (Phi) is 3.80. The molecule has 44 valence electrons. The maximum atomic E-state index is 8.97. The van der Waals surface area contributed by atoms with Gasteiger partial charge in [0.05, 0.1) is 0 Å². The normalized spacial score (nSPS) is 18.1. The Labute approximate surface area is 56.6 Å². The van der Waals surface area contributed by atoms with Crippen LogP contribution >= 0.6 is 17.7 Å². The van der Waals surface area contributed by atoms with E-state index in [4.69, 9.17) is 4.89 Å². The van der Waals surface area contributed by atoms with Crippen LogP contribution < -0.4 is 0 Å². The van der Waals surface area contributed by atoms with Crippen molar-refractivity contribution in [2.24, 2.45) is 0 Å². The van der Waals surface area contributed by atoms with Crippen molar-refractivity contribution < 1.29 is 4.89 Å². The van der Waals surface area contributed by atoms with Gasteiger partial charge in [-0.25, -0.2) is 0 Å². The maximum Gasteiger partial charge on any atom is 0.114 e. The second-order valence-corrected chi connectivity index (χ2v) is 9.56. The number of thiol groups is 1. The van der Waals surface area contributed by atoms with Gasteiger partial charge in [-0.05, 0) is 20.7 Å². The molecule has 0 saturated carbocycles. The van der Waals surface area contributed by atoms with E-state index in [9.17, 15) is 0 Å². The van der Waals surface area contributed by atoms with E-state index in [-0.39, 0.29) is 0 Å². The molecular formula is C2H7OPS3. The van der Waals surface area contributed by atoms with Gasteiger partial charge < -0.3 is 4.89 Å². The molecule has 1 nitrogen and oxygen atoms in total. The minimum absolute atomic E-state index is 0.685. The van der Waals surface area contributed by atoms with Crippen LogP contribution in [-0.2, 0) is 20.7 Å². The molecular weight excluding hydrogens is 167 g/mol. The standard InChI is InChI=1S/C2H7OPS3/c1-2-4(3,5)7-6/h3,5H,2H2,1H3. The molecule has 0 heterocycles. The summed E-state index contributed by atoms with van der Waals surface area (Å²) >= 11 is 8.44. The van der Waals surface area contributed by atoms with E-state index in [2.05, 4.69) is 23.4 Å². The summed E-state index contributed by atoms with van der Waals surface area (Å²) in [5.41, 5.74) is -1.98. The van der Waals surface area contributed by atoms with E-state index in [1.165, 1.54) is 0 Å². The Morgan fingerprint density at radius 3 is 2.43 bits per heavy atom. The molecule has 0 aliphatic heterocycles. The molecule has 7 heavy (non-hydrogen) atoms. The van der Waals surface area contributed by atoms with Crippen molar-refractivity contribution in [1.29, 1.82) is 0 Å². The molecule has 0 rings (SSSR count). The zero-order valence-corrected chi connectivity index (χ0v) is 7.29. The summed E-state index contributed by atoms with van der Waals surface area (Å²) in [4.78, 5) is 8.97. The first-order valence-corrected chi connectivity index (χ1v) is 7.20. The molecule has 0 radical (unpaired) electrons. The van der Waals surface area contributed by atoms with Crippen molar-refractivity contribution in [2.75, 3.05) is 6.16 Å². The lowest BCUT2D eigenvalue weighted by atomic mass is 11.0. The molecule has 0 spiro atoms. The summed E-state index contributed by atoms with van der Waals surface area (Å²) < 4.78 is 0. The Morgan fingerprint density at radius 1 is 2.00 bits per heavy atom. The number of hydrogen-bond donors (Lipinski definition) is 2. The quantitative estimate of drug-likeness (QED) is 0.460. The van der Waals surface area contributed by atoms with E-state index >= 15 is 0 Å². The monoisotopic (exact) mass is 174 g/mol. The molecule has 0 fully saturated rings. The minimum Gasteiger partial charge on any atom is -0.357 e. The van der Waals surface area contributed by atoms with Crippen LogP contribution in [0.4, 0.5) is 0 Å². The molecule has 0 aromatic heterocycles. The lowest BCUT2D eigenvalue weighted by Gasteiger charge is -1.99. The van der Waals surface area contributed by atoms with Crippen molar-refractivity contribution in [3.05, 3.63) is 0 Å². The summed E-state index contributed by atoms with van der Waals surface area (Å²) in [7, 11) is 1.04. The van der Waals surface area contributed by atoms with Crippen LogP contribution in [0.3, 0.4) is 0 Å². The van der Waals surface area contributed by atoms with E-state index in [0.29, 0.717) is 6.16 Å². The first kappa shape index (κ1) is 8.18. The van der Waals surface area contributed by atoms with Gasteiger partial charge >= 0.3 is 0 Å². The van der Waals surface area contributed by atoms with E-state index in [1.807, 2.05) is 6.92 Å². The molecule has 0 saturated heterocycles. The third-order valence-corrected chi connectivity index (χ3v) is 7.88. The molecule has 1 N–H and O–H groups in total. The van der Waals surface area contributed by atoms with Gasteiger partial charge in [-0.1, -0.05) is 6.92 Å². The summed E-state index contributed by atoms with van der Waals surface area (Å²) in [6, 6.07) is 0. The Balaban J connectivity index is 4.15. The zero-order valence-electron chi connectivity index (χ0n) is 3.87. The van der Waals surface area contributed by atoms with Crippen LogP contribution in [0.5, 0.6) is 0 Å². The maximum absolute atomic E-state index is 8.97. The lowest BCUT2D eigenvalue weighted by molar-refractivity contribution is 0.640. The largest absolute Gasteiger partial charge is 0.357 e. The zero-order chi connectivity index (χ0) is 5.91. The van der Waals surface area contributed by atoms with Gasteiger partial charge in [0.1, 0.15) is 5.47 Å². The van der Waals surface area contributed by atoms with Gasteiger partial charge in [0.15, 0.2) is 0 Å². The molecule has 0 aromatic rings. The summed E-state index contributed by atoms with van der Waals surface area (Å²) in [5, 5.41) is 0. The predicted octanol–water partition coefficient (Wildman–Crippen LogP) is 1.24. The Hall–Kier alpha value is 1.18. The second-order valence-electron chi connectivity index (χ2n) is 1.06. The fourth-order valence-corrected chi connectivity index (χ4v) is 1.42. The molecule has 1 unspecified atom stereocenters. The smallest absolute Gasteiger partial charge is 0.114 e. The van der Waals surface area contributed by atoms with Gasteiger partial charge in [0, 0.05) is 6.16 Å². The second kappa shape index (κ2) is 3.25. The van der Waals surface area contributed by atoms with Crippen molar-refractivity contribution in [3.8, 4) is 0 Å². The van der Waals surface area contributed by atoms with Crippen LogP contribution in [0.15, 0.2) is 0 Å². The van der Waals surface area contributed by atoms with Crippen molar-refractivity contribution in [3.63, 3.8) is 0 Å². The van der Waals surface area contributed by atoms with E-state index < -0.39 is 5.47 Å². The molecule has 0 bridgehead atoms. The highest BCUT2D eigenvalue weighted by Gasteiger charge is 1.98. The van der Waals surface area contributed by atoms with Crippen molar-refractivity contribution in [2.45, 2.75) is 6.92 Å². The molecule has 0 amide bonds. The SMILES string of the molecule is CCP(O)(S)=S=S. The highest BCUT2D eigenvalue weighted by Crippen LogP contribution is 2.45.